The molecule has 1 saturated heterocycles. The number of thiophene rings is 1. The molecule has 1 atom stereocenters. The molecule has 0 aromatic carbocycles. The maximum Gasteiger partial charge on any atom is 0.320 e. The van der Waals surface area contributed by atoms with Crippen molar-refractivity contribution in [3.63, 3.8) is 0 Å². The number of hydrogen-bond acceptors (Lipinski definition) is 8. The summed E-state index contributed by atoms with van der Waals surface area (Å²) in [4.78, 5) is 26.9. The topological polar surface area (TPSA) is 90.2 Å². The Labute approximate surface area is 140 Å². The van der Waals surface area contributed by atoms with Gasteiger partial charge in [-0.3, -0.25) is 9.59 Å². The van der Waals surface area contributed by atoms with Crippen molar-refractivity contribution in [2.24, 2.45) is 0 Å². The maximum atomic E-state index is 12.4. The zero-order valence-electron chi connectivity index (χ0n) is 12.4. The Morgan fingerprint density at radius 2 is 2.35 bits per heavy atom. The summed E-state index contributed by atoms with van der Waals surface area (Å²) in [6.07, 6.45) is 0. The third-order valence-corrected chi connectivity index (χ3v) is 5.24. The van der Waals surface area contributed by atoms with E-state index in [1.54, 1.807) is 16.2 Å². The van der Waals surface area contributed by atoms with Crippen LogP contribution in [0.25, 0.3) is 11.4 Å². The number of tetrazole rings is 1. The van der Waals surface area contributed by atoms with E-state index in [9.17, 15) is 9.59 Å². The summed E-state index contributed by atoms with van der Waals surface area (Å²) in [5.41, 5.74) is 0.883. The van der Waals surface area contributed by atoms with Crippen LogP contribution in [0.1, 0.15) is 0 Å². The molecule has 2 aromatic rings. The van der Waals surface area contributed by atoms with Gasteiger partial charge in [0.15, 0.2) is 0 Å². The normalized spacial score (nSPS) is 18.0. The van der Waals surface area contributed by atoms with E-state index in [1.807, 2.05) is 16.8 Å². The molecule has 1 fully saturated rings. The van der Waals surface area contributed by atoms with E-state index < -0.39 is 0 Å². The molecular formula is C13H15N5O3S2. The number of carbonyl (C=O) groups is 2. The van der Waals surface area contributed by atoms with Crippen LogP contribution in [-0.4, -0.2) is 68.2 Å². The number of hydrogen-bond donors (Lipinski definition) is 0. The summed E-state index contributed by atoms with van der Waals surface area (Å²) in [6.45, 7) is 0.959. The molecule has 1 amide bonds. The molecule has 2 aromatic heterocycles. The lowest BCUT2D eigenvalue weighted by Crippen LogP contribution is -2.46. The van der Waals surface area contributed by atoms with Crippen LogP contribution >= 0.6 is 23.1 Å². The zero-order valence-corrected chi connectivity index (χ0v) is 14.0. The highest BCUT2D eigenvalue weighted by atomic mass is 32.2. The number of nitrogens with zero attached hydrogens (tertiary/aromatic N) is 5. The van der Waals surface area contributed by atoms with Crippen molar-refractivity contribution in [3.8, 4) is 11.4 Å². The van der Waals surface area contributed by atoms with Crippen LogP contribution in [0.15, 0.2) is 16.8 Å². The van der Waals surface area contributed by atoms with Crippen LogP contribution in [0, 0.1) is 0 Å². The molecule has 0 unspecified atom stereocenters. The predicted molar refractivity (Wildman–Crippen MR) is 86.0 cm³/mol. The molecule has 0 aliphatic carbocycles. The molecule has 1 aliphatic heterocycles. The van der Waals surface area contributed by atoms with Crippen LogP contribution in [0.3, 0.4) is 0 Å². The van der Waals surface area contributed by atoms with Gasteiger partial charge < -0.3 is 9.64 Å². The van der Waals surface area contributed by atoms with Crippen LogP contribution < -0.4 is 0 Å². The van der Waals surface area contributed by atoms with Crippen molar-refractivity contribution >= 4 is 35.0 Å². The Balaban J connectivity index is 1.61. The highest BCUT2D eigenvalue weighted by molar-refractivity contribution is 8.00. The Bertz CT molecular complexity index is 688. The molecule has 0 radical (unpaired) electrons. The van der Waals surface area contributed by atoms with E-state index in [2.05, 4.69) is 15.4 Å². The molecule has 8 nitrogen and oxygen atoms in total. The molecule has 23 heavy (non-hydrogen) atoms. The zero-order chi connectivity index (χ0) is 16.2. The van der Waals surface area contributed by atoms with E-state index in [-0.39, 0.29) is 23.7 Å². The van der Waals surface area contributed by atoms with Gasteiger partial charge in [0, 0.05) is 29.8 Å². The van der Waals surface area contributed by atoms with Crippen molar-refractivity contribution in [2.75, 3.05) is 26.0 Å². The summed E-state index contributed by atoms with van der Waals surface area (Å²) in [7, 11) is 1.36. The van der Waals surface area contributed by atoms with Gasteiger partial charge in [0.1, 0.15) is 11.8 Å². The second-order valence-corrected chi connectivity index (χ2v) is 6.97. The summed E-state index contributed by atoms with van der Waals surface area (Å²) < 4.78 is 4.74. The summed E-state index contributed by atoms with van der Waals surface area (Å²) in [6, 6.07) is 1.90. The standard InChI is InChI=1S/C13H15N5O3S2/c1-21-13(20)10-6-17(3-5-23-10)11(19)7-18-15-12(14-16-18)9-2-4-22-8-9/h2,4,8,10H,3,5-7H2,1H3/t10-/m1/s1. The average molecular weight is 353 g/mol. The fourth-order valence-electron chi connectivity index (χ4n) is 2.19. The summed E-state index contributed by atoms with van der Waals surface area (Å²) in [5.74, 6) is 0.775. The lowest BCUT2D eigenvalue weighted by Gasteiger charge is -2.30. The molecule has 0 saturated carbocycles. The first-order valence-electron chi connectivity index (χ1n) is 6.95. The number of ether oxygens (including phenoxy) is 1. The Morgan fingerprint density at radius 1 is 1.48 bits per heavy atom. The fraction of sp³-hybridized carbons (Fsp3) is 0.462. The van der Waals surface area contributed by atoms with Gasteiger partial charge in [0.25, 0.3) is 0 Å². The largest absolute Gasteiger partial charge is 0.468 e. The lowest BCUT2D eigenvalue weighted by atomic mass is 10.3. The second kappa shape index (κ2) is 7.09. The van der Waals surface area contributed by atoms with E-state index in [0.29, 0.717) is 24.7 Å². The number of amides is 1. The number of thioether (sulfide) groups is 1. The maximum absolute atomic E-state index is 12.4. The van der Waals surface area contributed by atoms with E-state index >= 15 is 0 Å². The van der Waals surface area contributed by atoms with Crippen molar-refractivity contribution in [3.05, 3.63) is 16.8 Å². The van der Waals surface area contributed by atoms with Crippen LogP contribution in [0.2, 0.25) is 0 Å². The van der Waals surface area contributed by atoms with E-state index in [1.165, 1.54) is 23.7 Å². The van der Waals surface area contributed by atoms with Crippen molar-refractivity contribution < 1.29 is 14.3 Å². The number of rotatable bonds is 4. The van der Waals surface area contributed by atoms with E-state index in [0.717, 1.165) is 5.56 Å². The lowest BCUT2D eigenvalue weighted by molar-refractivity contribution is -0.141. The Kier molecular flexibility index (Phi) is 4.91. The summed E-state index contributed by atoms with van der Waals surface area (Å²) in [5, 5.41) is 15.6. The van der Waals surface area contributed by atoms with Crippen molar-refractivity contribution in [1.29, 1.82) is 0 Å². The van der Waals surface area contributed by atoms with Gasteiger partial charge in [0.2, 0.25) is 11.7 Å². The van der Waals surface area contributed by atoms with Crippen LogP contribution in [0.4, 0.5) is 0 Å². The van der Waals surface area contributed by atoms with Gasteiger partial charge in [0.05, 0.1) is 7.11 Å². The Morgan fingerprint density at radius 3 is 3.09 bits per heavy atom. The highest BCUT2D eigenvalue weighted by Gasteiger charge is 2.29. The van der Waals surface area contributed by atoms with Gasteiger partial charge in [-0.2, -0.15) is 16.1 Å². The average Bonchev–Trinajstić information content (AvgIpc) is 3.25. The van der Waals surface area contributed by atoms with Gasteiger partial charge in [-0.25, -0.2) is 0 Å². The first-order chi connectivity index (χ1) is 11.2. The molecule has 0 N–H and O–H groups in total. The molecule has 3 rings (SSSR count). The third kappa shape index (κ3) is 3.70. The first kappa shape index (κ1) is 15.9. The quantitative estimate of drug-likeness (QED) is 0.740. The molecule has 1 aliphatic rings. The van der Waals surface area contributed by atoms with Gasteiger partial charge in [-0.1, -0.05) is 0 Å². The minimum absolute atomic E-state index is 0.00962. The minimum atomic E-state index is -0.331. The Hall–Kier alpha value is -1.94. The number of esters is 1. The molecule has 0 spiro atoms. The molecule has 3 heterocycles. The highest BCUT2D eigenvalue weighted by Crippen LogP contribution is 2.20. The van der Waals surface area contributed by atoms with Crippen LogP contribution in [-0.2, 0) is 20.9 Å². The number of aromatic nitrogens is 4. The number of carbonyl (C=O) groups excluding carboxylic acids is 2. The molecular weight excluding hydrogens is 338 g/mol. The van der Waals surface area contributed by atoms with Gasteiger partial charge in [-0.05, 0) is 16.7 Å². The molecule has 10 heteroatoms. The van der Waals surface area contributed by atoms with Gasteiger partial charge >= 0.3 is 5.97 Å². The van der Waals surface area contributed by atoms with Crippen molar-refractivity contribution in [1.82, 2.24) is 25.1 Å². The van der Waals surface area contributed by atoms with Gasteiger partial charge in [-0.15, -0.1) is 22.0 Å². The second-order valence-electron chi connectivity index (χ2n) is 4.88. The smallest absolute Gasteiger partial charge is 0.320 e. The van der Waals surface area contributed by atoms with Crippen molar-refractivity contribution in [2.45, 2.75) is 11.8 Å². The molecule has 0 bridgehead atoms. The monoisotopic (exact) mass is 353 g/mol. The van der Waals surface area contributed by atoms with E-state index in [4.69, 9.17) is 4.74 Å². The molecule has 122 valence electrons. The minimum Gasteiger partial charge on any atom is -0.468 e. The number of methoxy groups -OCH3 is 1. The predicted octanol–water partition coefficient (Wildman–Crippen LogP) is 0.519. The fourth-order valence-corrected chi connectivity index (χ4v) is 3.95. The SMILES string of the molecule is COC(=O)[C@H]1CN(C(=O)Cn2nnc(-c3ccsc3)n2)CCS1. The first-order valence-corrected chi connectivity index (χ1v) is 8.94. The third-order valence-electron chi connectivity index (χ3n) is 3.39. The van der Waals surface area contributed by atoms with Crippen LogP contribution in [0.5, 0.6) is 0 Å². The summed E-state index contributed by atoms with van der Waals surface area (Å²) >= 11 is 3.06.